The van der Waals surface area contributed by atoms with E-state index in [1.165, 1.54) is 0 Å². The van der Waals surface area contributed by atoms with Gasteiger partial charge in [-0.15, -0.1) is 0 Å². The molecule has 0 heterocycles. The van der Waals surface area contributed by atoms with E-state index in [0.717, 1.165) is 36.6 Å². The Balaban J connectivity index is 2.68. The molecule has 0 bridgehead atoms. The van der Waals surface area contributed by atoms with Crippen LogP contribution >= 0.6 is 0 Å². The molecule has 0 saturated carbocycles. The van der Waals surface area contributed by atoms with E-state index in [-0.39, 0.29) is 0 Å². The van der Waals surface area contributed by atoms with Crippen molar-refractivity contribution in [2.45, 2.75) is 20.3 Å². The monoisotopic (exact) mass is 249 g/mol. The van der Waals surface area contributed by atoms with Crippen molar-refractivity contribution in [3.05, 3.63) is 29.8 Å². The third kappa shape index (κ3) is 4.80. The van der Waals surface area contributed by atoms with Crippen LogP contribution in [0.5, 0.6) is 11.5 Å². The molecule has 1 N–H and O–H groups in total. The molecule has 18 heavy (non-hydrogen) atoms. The SMILES string of the molecule is CCCOc1ccc(C=CCNCC)cc1OC. The molecule has 3 nitrogen and oxygen atoms in total. The molecule has 0 aliphatic heterocycles. The largest absolute Gasteiger partial charge is 0.493 e. The molecule has 0 aliphatic rings. The summed E-state index contributed by atoms with van der Waals surface area (Å²) in [7, 11) is 1.67. The minimum Gasteiger partial charge on any atom is -0.493 e. The zero-order chi connectivity index (χ0) is 13.2. The van der Waals surface area contributed by atoms with Gasteiger partial charge in [0, 0.05) is 6.54 Å². The summed E-state index contributed by atoms with van der Waals surface area (Å²) in [6, 6.07) is 5.99. The van der Waals surface area contributed by atoms with Crippen molar-refractivity contribution in [2.24, 2.45) is 0 Å². The van der Waals surface area contributed by atoms with Crippen LogP contribution in [0.15, 0.2) is 24.3 Å². The maximum Gasteiger partial charge on any atom is 0.161 e. The molecule has 0 unspecified atom stereocenters. The Bertz CT molecular complexity index is 375. The topological polar surface area (TPSA) is 30.5 Å². The molecule has 100 valence electrons. The Labute approximate surface area is 110 Å². The zero-order valence-electron chi connectivity index (χ0n) is 11.5. The number of hydrogen-bond donors (Lipinski definition) is 1. The van der Waals surface area contributed by atoms with Gasteiger partial charge in [-0.3, -0.25) is 0 Å². The highest BCUT2D eigenvalue weighted by Gasteiger charge is 2.03. The first-order valence-corrected chi connectivity index (χ1v) is 6.49. The third-order valence-electron chi connectivity index (χ3n) is 2.47. The summed E-state index contributed by atoms with van der Waals surface area (Å²) < 4.78 is 10.9. The highest BCUT2D eigenvalue weighted by atomic mass is 16.5. The van der Waals surface area contributed by atoms with Gasteiger partial charge < -0.3 is 14.8 Å². The van der Waals surface area contributed by atoms with E-state index in [2.05, 4.69) is 31.3 Å². The first-order chi connectivity index (χ1) is 8.81. The van der Waals surface area contributed by atoms with Gasteiger partial charge in [-0.25, -0.2) is 0 Å². The van der Waals surface area contributed by atoms with Crippen molar-refractivity contribution in [3.8, 4) is 11.5 Å². The summed E-state index contributed by atoms with van der Waals surface area (Å²) in [5, 5.41) is 3.24. The lowest BCUT2D eigenvalue weighted by atomic mass is 10.2. The minimum atomic E-state index is 0.714. The molecule has 1 aromatic carbocycles. The summed E-state index contributed by atoms with van der Waals surface area (Å²) in [6.45, 7) is 6.76. The first-order valence-electron chi connectivity index (χ1n) is 6.49. The summed E-state index contributed by atoms with van der Waals surface area (Å²) in [6.07, 6.45) is 5.17. The molecule has 0 radical (unpaired) electrons. The maximum absolute atomic E-state index is 5.61. The third-order valence-corrected chi connectivity index (χ3v) is 2.47. The normalized spacial score (nSPS) is 10.8. The van der Waals surface area contributed by atoms with E-state index in [1.54, 1.807) is 7.11 Å². The van der Waals surface area contributed by atoms with E-state index in [0.29, 0.717) is 6.61 Å². The number of ether oxygens (including phenoxy) is 2. The molecule has 1 aromatic rings. The van der Waals surface area contributed by atoms with E-state index in [1.807, 2.05) is 18.2 Å². The average molecular weight is 249 g/mol. The molecular formula is C15H23NO2. The van der Waals surface area contributed by atoms with E-state index in [4.69, 9.17) is 9.47 Å². The minimum absolute atomic E-state index is 0.714. The molecule has 0 atom stereocenters. The summed E-state index contributed by atoms with van der Waals surface area (Å²) in [4.78, 5) is 0. The summed E-state index contributed by atoms with van der Waals surface area (Å²) in [5.41, 5.74) is 1.12. The van der Waals surface area contributed by atoms with Gasteiger partial charge in [0.15, 0.2) is 11.5 Å². The van der Waals surface area contributed by atoms with Crippen molar-refractivity contribution < 1.29 is 9.47 Å². The fourth-order valence-electron chi connectivity index (χ4n) is 1.54. The number of benzene rings is 1. The lowest BCUT2D eigenvalue weighted by Gasteiger charge is -2.10. The fourth-order valence-corrected chi connectivity index (χ4v) is 1.54. The van der Waals surface area contributed by atoms with Crippen molar-refractivity contribution >= 4 is 6.08 Å². The molecule has 0 amide bonds. The Morgan fingerprint density at radius 2 is 2.06 bits per heavy atom. The highest BCUT2D eigenvalue weighted by Crippen LogP contribution is 2.28. The average Bonchev–Trinajstić information content (AvgIpc) is 2.41. The van der Waals surface area contributed by atoms with Crippen LogP contribution in [0.2, 0.25) is 0 Å². The van der Waals surface area contributed by atoms with Crippen molar-refractivity contribution in [1.82, 2.24) is 5.32 Å². The van der Waals surface area contributed by atoms with Gasteiger partial charge in [-0.2, -0.15) is 0 Å². The van der Waals surface area contributed by atoms with E-state index >= 15 is 0 Å². The van der Waals surface area contributed by atoms with Crippen LogP contribution in [0, 0.1) is 0 Å². The maximum atomic E-state index is 5.61. The first kappa shape index (κ1) is 14.6. The van der Waals surface area contributed by atoms with Crippen LogP contribution in [-0.4, -0.2) is 26.8 Å². The van der Waals surface area contributed by atoms with Gasteiger partial charge >= 0.3 is 0 Å². The summed E-state index contributed by atoms with van der Waals surface area (Å²) in [5.74, 6) is 1.59. The van der Waals surface area contributed by atoms with Crippen LogP contribution in [0.3, 0.4) is 0 Å². The number of nitrogens with one attached hydrogen (secondary N) is 1. The molecule has 1 rings (SSSR count). The van der Waals surface area contributed by atoms with E-state index < -0.39 is 0 Å². The smallest absolute Gasteiger partial charge is 0.161 e. The predicted octanol–water partition coefficient (Wildman–Crippen LogP) is 3.11. The number of likely N-dealkylation sites (N-methyl/N-ethyl adjacent to an activating group) is 1. The van der Waals surface area contributed by atoms with Gasteiger partial charge in [-0.05, 0) is 30.7 Å². The van der Waals surface area contributed by atoms with Crippen LogP contribution < -0.4 is 14.8 Å². The van der Waals surface area contributed by atoms with Crippen LogP contribution in [0.25, 0.3) is 6.08 Å². The van der Waals surface area contributed by atoms with Crippen molar-refractivity contribution in [2.75, 3.05) is 26.8 Å². The van der Waals surface area contributed by atoms with Gasteiger partial charge in [0.2, 0.25) is 0 Å². The van der Waals surface area contributed by atoms with E-state index in [9.17, 15) is 0 Å². The van der Waals surface area contributed by atoms with Gasteiger partial charge in [0.1, 0.15) is 0 Å². The van der Waals surface area contributed by atoms with Gasteiger partial charge in [0.05, 0.1) is 13.7 Å². The van der Waals surface area contributed by atoms with Crippen LogP contribution in [-0.2, 0) is 0 Å². The second kappa shape index (κ2) is 8.59. The Morgan fingerprint density at radius 1 is 1.22 bits per heavy atom. The summed E-state index contributed by atoms with van der Waals surface area (Å²) >= 11 is 0. The second-order valence-electron chi connectivity index (χ2n) is 3.97. The molecule has 0 saturated heterocycles. The van der Waals surface area contributed by atoms with Gasteiger partial charge in [-0.1, -0.05) is 32.1 Å². The predicted molar refractivity (Wildman–Crippen MR) is 76.4 cm³/mol. The Morgan fingerprint density at radius 3 is 2.72 bits per heavy atom. The number of methoxy groups -OCH3 is 1. The molecule has 0 fully saturated rings. The lowest BCUT2D eigenvalue weighted by molar-refractivity contribution is 0.294. The molecular weight excluding hydrogens is 226 g/mol. The molecule has 0 spiro atoms. The van der Waals surface area contributed by atoms with Gasteiger partial charge in [0.25, 0.3) is 0 Å². The van der Waals surface area contributed by atoms with Crippen LogP contribution in [0.4, 0.5) is 0 Å². The molecule has 3 heteroatoms. The Hall–Kier alpha value is -1.48. The Kier molecular flexibility index (Phi) is 6.96. The van der Waals surface area contributed by atoms with Crippen LogP contribution in [0.1, 0.15) is 25.8 Å². The quantitative estimate of drug-likeness (QED) is 0.718. The number of rotatable bonds is 8. The standard InChI is InChI=1S/C15H23NO2/c1-4-11-18-14-9-8-13(12-15(14)17-3)7-6-10-16-5-2/h6-9,12,16H,4-5,10-11H2,1-3H3. The second-order valence-corrected chi connectivity index (χ2v) is 3.97. The fraction of sp³-hybridized carbons (Fsp3) is 0.467. The van der Waals surface area contributed by atoms with Crippen molar-refractivity contribution in [1.29, 1.82) is 0 Å². The molecule has 0 aliphatic carbocycles. The number of hydrogen-bond acceptors (Lipinski definition) is 3. The highest BCUT2D eigenvalue weighted by molar-refractivity contribution is 5.56. The lowest BCUT2D eigenvalue weighted by Crippen LogP contribution is -2.11. The molecule has 0 aromatic heterocycles. The van der Waals surface area contributed by atoms with Crippen molar-refractivity contribution in [3.63, 3.8) is 0 Å². The zero-order valence-corrected chi connectivity index (χ0v) is 11.5.